The topological polar surface area (TPSA) is 42.4 Å². The SMILES string of the molecule is Cc1ccc(C(CN)N2CC(C)CCC2C)o1. The Hall–Kier alpha value is -0.800. The van der Waals surface area contributed by atoms with Crippen molar-refractivity contribution in [3.63, 3.8) is 0 Å². The van der Waals surface area contributed by atoms with Gasteiger partial charge in [0.2, 0.25) is 0 Å². The highest BCUT2D eigenvalue weighted by Gasteiger charge is 2.30. The molecule has 1 saturated heterocycles. The van der Waals surface area contributed by atoms with Crippen molar-refractivity contribution >= 4 is 0 Å². The minimum atomic E-state index is 0.237. The molecule has 3 atom stereocenters. The standard InChI is InChI=1S/C14H24N2O/c1-10-4-5-11(2)16(9-10)13(8-15)14-7-6-12(3)17-14/h6-7,10-11,13H,4-5,8-9,15H2,1-3H3. The molecule has 96 valence electrons. The third-order valence-corrected chi connectivity index (χ3v) is 3.88. The molecule has 0 saturated carbocycles. The van der Waals surface area contributed by atoms with Gasteiger partial charge in [0, 0.05) is 19.1 Å². The van der Waals surface area contributed by atoms with Gasteiger partial charge in [-0.2, -0.15) is 0 Å². The zero-order chi connectivity index (χ0) is 12.4. The molecule has 1 aliphatic heterocycles. The largest absolute Gasteiger partial charge is 0.465 e. The molecule has 0 aliphatic carbocycles. The van der Waals surface area contributed by atoms with Gasteiger partial charge in [0.15, 0.2) is 0 Å². The second kappa shape index (κ2) is 5.23. The van der Waals surface area contributed by atoms with E-state index in [2.05, 4.69) is 24.8 Å². The van der Waals surface area contributed by atoms with Crippen LogP contribution in [0.1, 0.15) is 44.3 Å². The van der Waals surface area contributed by atoms with Crippen molar-refractivity contribution in [2.24, 2.45) is 11.7 Å². The van der Waals surface area contributed by atoms with Crippen LogP contribution in [0.5, 0.6) is 0 Å². The van der Waals surface area contributed by atoms with E-state index < -0.39 is 0 Å². The van der Waals surface area contributed by atoms with Gasteiger partial charge in [-0.15, -0.1) is 0 Å². The summed E-state index contributed by atoms with van der Waals surface area (Å²) in [4.78, 5) is 2.51. The molecule has 0 amide bonds. The maximum absolute atomic E-state index is 5.95. The molecule has 3 heteroatoms. The van der Waals surface area contributed by atoms with Crippen LogP contribution >= 0.6 is 0 Å². The van der Waals surface area contributed by atoms with Crippen LogP contribution in [0.15, 0.2) is 16.5 Å². The van der Waals surface area contributed by atoms with E-state index in [1.165, 1.54) is 12.8 Å². The molecule has 3 nitrogen and oxygen atoms in total. The Morgan fingerprint density at radius 1 is 1.41 bits per heavy atom. The lowest BCUT2D eigenvalue weighted by atomic mass is 9.93. The van der Waals surface area contributed by atoms with E-state index in [9.17, 15) is 0 Å². The highest BCUT2D eigenvalue weighted by molar-refractivity contribution is 5.11. The first-order chi connectivity index (χ1) is 8.11. The van der Waals surface area contributed by atoms with Crippen molar-refractivity contribution in [2.45, 2.75) is 45.7 Å². The molecule has 0 aromatic carbocycles. The lowest BCUT2D eigenvalue weighted by Gasteiger charge is -2.40. The van der Waals surface area contributed by atoms with E-state index in [0.29, 0.717) is 12.6 Å². The fraction of sp³-hybridized carbons (Fsp3) is 0.714. The molecule has 0 radical (unpaired) electrons. The van der Waals surface area contributed by atoms with Crippen LogP contribution in [0.3, 0.4) is 0 Å². The predicted molar refractivity (Wildman–Crippen MR) is 69.8 cm³/mol. The van der Waals surface area contributed by atoms with Crippen LogP contribution in [0, 0.1) is 12.8 Å². The number of aryl methyl sites for hydroxylation is 1. The van der Waals surface area contributed by atoms with Gasteiger partial charge >= 0.3 is 0 Å². The van der Waals surface area contributed by atoms with Gasteiger partial charge in [0.05, 0.1) is 6.04 Å². The molecule has 0 bridgehead atoms. The van der Waals surface area contributed by atoms with Crippen molar-refractivity contribution in [3.8, 4) is 0 Å². The van der Waals surface area contributed by atoms with E-state index in [1.807, 2.05) is 13.0 Å². The highest BCUT2D eigenvalue weighted by atomic mass is 16.3. The summed E-state index contributed by atoms with van der Waals surface area (Å²) in [6.45, 7) is 8.36. The smallest absolute Gasteiger partial charge is 0.122 e. The van der Waals surface area contributed by atoms with Crippen LogP contribution in [0.25, 0.3) is 0 Å². The molecule has 1 aromatic heterocycles. The third-order valence-electron chi connectivity index (χ3n) is 3.88. The van der Waals surface area contributed by atoms with Gasteiger partial charge in [0.1, 0.15) is 11.5 Å². The van der Waals surface area contributed by atoms with Gasteiger partial charge in [-0.05, 0) is 44.7 Å². The monoisotopic (exact) mass is 236 g/mol. The maximum Gasteiger partial charge on any atom is 0.122 e. The quantitative estimate of drug-likeness (QED) is 0.877. The molecule has 2 heterocycles. The highest BCUT2D eigenvalue weighted by Crippen LogP contribution is 2.30. The Balaban J connectivity index is 2.16. The summed E-state index contributed by atoms with van der Waals surface area (Å²) in [5.41, 5.74) is 5.95. The van der Waals surface area contributed by atoms with E-state index in [-0.39, 0.29) is 6.04 Å². The van der Waals surface area contributed by atoms with Crippen LogP contribution in [-0.4, -0.2) is 24.0 Å². The molecule has 3 unspecified atom stereocenters. The first-order valence-electron chi connectivity index (χ1n) is 6.64. The zero-order valence-electron chi connectivity index (χ0n) is 11.1. The minimum Gasteiger partial charge on any atom is -0.465 e. The first-order valence-corrected chi connectivity index (χ1v) is 6.64. The Morgan fingerprint density at radius 2 is 2.18 bits per heavy atom. The Morgan fingerprint density at radius 3 is 2.76 bits per heavy atom. The van der Waals surface area contributed by atoms with Gasteiger partial charge in [-0.25, -0.2) is 0 Å². The molecule has 0 spiro atoms. The lowest BCUT2D eigenvalue weighted by molar-refractivity contribution is 0.0691. The first kappa shape index (κ1) is 12.7. The van der Waals surface area contributed by atoms with Gasteiger partial charge in [-0.3, -0.25) is 4.90 Å². The molecule has 1 aliphatic rings. The second-order valence-corrected chi connectivity index (χ2v) is 5.43. The molecule has 2 N–H and O–H groups in total. The summed E-state index contributed by atoms with van der Waals surface area (Å²) in [6.07, 6.45) is 2.59. The van der Waals surface area contributed by atoms with E-state index in [0.717, 1.165) is 24.0 Å². The molecule has 2 rings (SSSR count). The lowest BCUT2D eigenvalue weighted by Crippen LogP contribution is -2.45. The minimum absolute atomic E-state index is 0.237. The van der Waals surface area contributed by atoms with Crippen molar-refractivity contribution in [1.82, 2.24) is 4.90 Å². The Bertz CT molecular complexity index is 361. The van der Waals surface area contributed by atoms with Crippen LogP contribution in [-0.2, 0) is 0 Å². The van der Waals surface area contributed by atoms with Crippen LogP contribution in [0.4, 0.5) is 0 Å². The number of hydrogen-bond donors (Lipinski definition) is 1. The number of piperidine rings is 1. The number of hydrogen-bond acceptors (Lipinski definition) is 3. The summed E-state index contributed by atoms with van der Waals surface area (Å²) in [6, 6.07) is 4.93. The summed E-state index contributed by atoms with van der Waals surface area (Å²) < 4.78 is 5.75. The Labute approximate surface area is 104 Å². The van der Waals surface area contributed by atoms with Gasteiger partial charge in [0.25, 0.3) is 0 Å². The van der Waals surface area contributed by atoms with Gasteiger partial charge in [-0.1, -0.05) is 6.92 Å². The van der Waals surface area contributed by atoms with Crippen molar-refractivity contribution in [1.29, 1.82) is 0 Å². The van der Waals surface area contributed by atoms with Gasteiger partial charge < -0.3 is 10.2 Å². The second-order valence-electron chi connectivity index (χ2n) is 5.43. The molecule has 17 heavy (non-hydrogen) atoms. The molecular weight excluding hydrogens is 212 g/mol. The average molecular weight is 236 g/mol. The maximum atomic E-state index is 5.95. The van der Waals surface area contributed by atoms with Crippen LogP contribution in [0.2, 0.25) is 0 Å². The third kappa shape index (κ3) is 2.72. The van der Waals surface area contributed by atoms with E-state index >= 15 is 0 Å². The van der Waals surface area contributed by atoms with Crippen molar-refractivity contribution < 1.29 is 4.42 Å². The fourth-order valence-corrected chi connectivity index (χ4v) is 2.80. The Kier molecular flexibility index (Phi) is 3.89. The molecular formula is C14H24N2O. The number of nitrogens with two attached hydrogens (primary N) is 1. The fourth-order valence-electron chi connectivity index (χ4n) is 2.80. The summed E-state index contributed by atoms with van der Waals surface area (Å²) in [5, 5.41) is 0. The zero-order valence-corrected chi connectivity index (χ0v) is 11.1. The molecule has 1 aromatic rings. The number of likely N-dealkylation sites (tertiary alicyclic amines) is 1. The van der Waals surface area contributed by atoms with Crippen molar-refractivity contribution in [2.75, 3.05) is 13.1 Å². The summed E-state index contributed by atoms with van der Waals surface area (Å²) >= 11 is 0. The van der Waals surface area contributed by atoms with Crippen LogP contribution < -0.4 is 5.73 Å². The molecule has 1 fully saturated rings. The number of nitrogens with zero attached hydrogens (tertiary/aromatic N) is 1. The number of rotatable bonds is 3. The summed E-state index contributed by atoms with van der Waals surface area (Å²) in [5.74, 6) is 2.75. The predicted octanol–water partition coefficient (Wildman–Crippen LogP) is 2.71. The number of furan rings is 1. The average Bonchev–Trinajstić information content (AvgIpc) is 2.71. The normalized spacial score (nSPS) is 28.2. The van der Waals surface area contributed by atoms with Crippen molar-refractivity contribution in [3.05, 3.63) is 23.7 Å². The van der Waals surface area contributed by atoms with E-state index in [1.54, 1.807) is 0 Å². The summed E-state index contributed by atoms with van der Waals surface area (Å²) in [7, 11) is 0. The van der Waals surface area contributed by atoms with E-state index in [4.69, 9.17) is 10.2 Å².